The molecule has 0 bridgehead atoms. The van der Waals surface area contributed by atoms with Gasteiger partial charge in [-0.3, -0.25) is 4.90 Å². The molecule has 0 radical (unpaired) electrons. The van der Waals surface area contributed by atoms with E-state index in [9.17, 15) is 0 Å². The summed E-state index contributed by atoms with van der Waals surface area (Å²) in [7, 11) is 2.24. The summed E-state index contributed by atoms with van der Waals surface area (Å²) in [6.45, 7) is 2.68. The van der Waals surface area contributed by atoms with E-state index < -0.39 is 0 Å². The predicted molar refractivity (Wildman–Crippen MR) is 74.1 cm³/mol. The van der Waals surface area contributed by atoms with Crippen molar-refractivity contribution < 1.29 is 4.74 Å². The van der Waals surface area contributed by atoms with Crippen molar-refractivity contribution in [1.82, 2.24) is 4.90 Å². The normalized spacial score (nSPS) is 19.4. The van der Waals surface area contributed by atoms with Crippen LogP contribution in [0, 0.1) is 0 Å². The van der Waals surface area contributed by atoms with Crippen molar-refractivity contribution in [3.63, 3.8) is 0 Å². The molecular formula is C15H22N2O. The fraction of sp³-hybridized carbons (Fsp3) is 0.600. The second-order valence-electron chi connectivity index (χ2n) is 5.42. The average molecular weight is 246 g/mol. The lowest BCUT2D eigenvalue weighted by Crippen LogP contribution is -2.29. The van der Waals surface area contributed by atoms with Crippen molar-refractivity contribution in [1.29, 1.82) is 0 Å². The summed E-state index contributed by atoms with van der Waals surface area (Å²) in [4.78, 5) is 2.49. The maximum absolute atomic E-state index is 5.83. The van der Waals surface area contributed by atoms with Crippen LogP contribution in [0.15, 0.2) is 18.2 Å². The zero-order chi connectivity index (χ0) is 12.4. The monoisotopic (exact) mass is 246 g/mol. The van der Waals surface area contributed by atoms with E-state index in [0.29, 0.717) is 0 Å². The van der Waals surface area contributed by atoms with E-state index in [1.54, 1.807) is 0 Å². The first kappa shape index (κ1) is 11.8. The minimum absolute atomic E-state index is 0.761. The van der Waals surface area contributed by atoms with Gasteiger partial charge in [-0.25, -0.2) is 0 Å². The molecule has 1 fully saturated rings. The molecular weight excluding hydrogens is 224 g/mol. The van der Waals surface area contributed by atoms with Gasteiger partial charge in [-0.2, -0.15) is 0 Å². The van der Waals surface area contributed by atoms with E-state index in [1.807, 2.05) is 0 Å². The minimum atomic E-state index is 0.761. The number of nitrogens with one attached hydrogen (secondary N) is 1. The van der Waals surface area contributed by atoms with Gasteiger partial charge in [0.05, 0.1) is 5.69 Å². The van der Waals surface area contributed by atoms with Gasteiger partial charge in [0.2, 0.25) is 0 Å². The largest absolute Gasteiger partial charge is 0.489 e. The molecule has 0 saturated heterocycles. The molecule has 2 aliphatic rings. The molecule has 0 aromatic heterocycles. The van der Waals surface area contributed by atoms with Gasteiger partial charge in [0.1, 0.15) is 12.4 Å². The molecule has 98 valence electrons. The van der Waals surface area contributed by atoms with Gasteiger partial charge >= 0.3 is 0 Å². The van der Waals surface area contributed by atoms with Crippen molar-refractivity contribution in [2.45, 2.75) is 38.3 Å². The van der Waals surface area contributed by atoms with Crippen LogP contribution in [0.25, 0.3) is 0 Å². The Bertz CT molecular complexity index is 413. The van der Waals surface area contributed by atoms with Crippen molar-refractivity contribution >= 4 is 5.69 Å². The van der Waals surface area contributed by atoms with Crippen LogP contribution in [0.4, 0.5) is 5.69 Å². The topological polar surface area (TPSA) is 24.5 Å². The Kier molecular flexibility index (Phi) is 3.41. The molecule has 1 heterocycles. The number of anilines is 1. The van der Waals surface area contributed by atoms with Gasteiger partial charge in [-0.15, -0.1) is 0 Å². The van der Waals surface area contributed by atoms with Crippen LogP contribution in [0.3, 0.4) is 0 Å². The molecule has 3 rings (SSSR count). The maximum Gasteiger partial charge on any atom is 0.146 e. The lowest BCUT2D eigenvalue weighted by atomic mass is 10.1. The second-order valence-corrected chi connectivity index (χ2v) is 5.42. The predicted octanol–water partition coefficient (Wildman–Crippen LogP) is 2.87. The summed E-state index contributed by atoms with van der Waals surface area (Å²) >= 11 is 0. The highest BCUT2D eigenvalue weighted by molar-refractivity contribution is 5.61. The fourth-order valence-electron chi connectivity index (χ4n) is 3.10. The standard InChI is InChI=1S/C15H22N2O/c1-17(13-6-2-3-7-13)11-12-5-4-8-14-15(12)18-10-9-16-14/h4-5,8,13,16H,2-3,6-7,9-11H2,1H3. The Hall–Kier alpha value is -1.22. The summed E-state index contributed by atoms with van der Waals surface area (Å²) < 4.78 is 5.83. The van der Waals surface area contributed by atoms with Crippen molar-refractivity contribution in [2.75, 3.05) is 25.5 Å². The van der Waals surface area contributed by atoms with Gasteiger partial charge in [-0.05, 0) is 26.0 Å². The molecule has 1 aliphatic carbocycles. The highest BCUT2D eigenvalue weighted by atomic mass is 16.5. The van der Waals surface area contributed by atoms with Crippen LogP contribution in [-0.2, 0) is 6.54 Å². The molecule has 1 aromatic carbocycles. The third-order valence-electron chi connectivity index (χ3n) is 4.13. The summed E-state index contributed by atoms with van der Waals surface area (Å²) in [5, 5.41) is 3.40. The van der Waals surface area contributed by atoms with E-state index in [2.05, 4.69) is 35.5 Å². The highest BCUT2D eigenvalue weighted by Gasteiger charge is 2.21. The molecule has 0 spiro atoms. The van der Waals surface area contributed by atoms with E-state index >= 15 is 0 Å². The van der Waals surface area contributed by atoms with Crippen molar-refractivity contribution in [3.8, 4) is 5.75 Å². The number of rotatable bonds is 3. The zero-order valence-electron chi connectivity index (χ0n) is 11.1. The summed E-state index contributed by atoms with van der Waals surface area (Å²) in [6.07, 6.45) is 5.48. The number of fused-ring (bicyclic) bond motifs is 1. The highest BCUT2D eigenvalue weighted by Crippen LogP contribution is 2.33. The number of hydrogen-bond donors (Lipinski definition) is 1. The first-order valence-corrected chi connectivity index (χ1v) is 7.03. The molecule has 1 saturated carbocycles. The van der Waals surface area contributed by atoms with Gasteiger partial charge in [0.15, 0.2) is 0 Å². The Balaban J connectivity index is 1.75. The molecule has 0 unspecified atom stereocenters. The fourth-order valence-corrected chi connectivity index (χ4v) is 3.10. The Morgan fingerprint density at radius 2 is 2.17 bits per heavy atom. The Labute approximate surface area is 109 Å². The maximum atomic E-state index is 5.83. The van der Waals surface area contributed by atoms with E-state index in [1.165, 1.54) is 31.2 Å². The Morgan fingerprint density at radius 1 is 1.33 bits per heavy atom. The third kappa shape index (κ3) is 2.32. The van der Waals surface area contributed by atoms with Crippen LogP contribution in [0.1, 0.15) is 31.2 Å². The van der Waals surface area contributed by atoms with Crippen LogP contribution >= 0.6 is 0 Å². The van der Waals surface area contributed by atoms with Crippen LogP contribution in [0.5, 0.6) is 5.75 Å². The molecule has 1 N–H and O–H groups in total. The number of benzene rings is 1. The SMILES string of the molecule is CN(Cc1cccc2c1OCCN2)C1CCCC1. The smallest absolute Gasteiger partial charge is 0.146 e. The van der Waals surface area contributed by atoms with Crippen LogP contribution in [0.2, 0.25) is 0 Å². The summed E-state index contributed by atoms with van der Waals surface area (Å²) in [5.41, 5.74) is 2.47. The number of hydrogen-bond acceptors (Lipinski definition) is 3. The lowest BCUT2D eigenvalue weighted by Gasteiger charge is -2.27. The van der Waals surface area contributed by atoms with E-state index in [4.69, 9.17) is 4.74 Å². The third-order valence-corrected chi connectivity index (χ3v) is 4.13. The van der Waals surface area contributed by atoms with Gasteiger partial charge < -0.3 is 10.1 Å². The summed E-state index contributed by atoms with van der Waals surface area (Å²) in [6, 6.07) is 7.18. The molecule has 1 aliphatic heterocycles. The average Bonchev–Trinajstić information content (AvgIpc) is 2.93. The summed E-state index contributed by atoms with van der Waals surface area (Å²) in [5.74, 6) is 1.06. The molecule has 0 atom stereocenters. The second kappa shape index (κ2) is 5.19. The molecule has 18 heavy (non-hydrogen) atoms. The molecule has 3 nitrogen and oxygen atoms in total. The minimum Gasteiger partial charge on any atom is -0.489 e. The van der Waals surface area contributed by atoms with Crippen LogP contribution < -0.4 is 10.1 Å². The van der Waals surface area contributed by atoms with Gasteiger partial charge in [0, 0.05) is 24.7 Å². The number of nitrogens with zero attached hydrogens (tertiary/aromatic N) is 1. The molecule has 0 amide bonds. The molecule has 3 heteroatoms. The van der Waals surface area contributed by atoms with Crippen molar-refractivity contribution in [3.05, 3.63) is 23.8 Å². The van der Waals surface area contributed by atoms with E-state index in [-0.39, 0.29) is 0 Å². The first-order chi connectivity index (χ1) is 8.84. The van der Waals surface area contributed by atoms with E-state index in [0.717, 1.165) is 37.2 Å². The quantitative estimate of drug-likeness (QED) is 0.887. The van der Waals surface area contributed by atoms with Crippen molar-refractivity contribution in [2.24, 2.45) is 0 Å². The molecule has 1 aromatic rings. The van der Waals surface area contributed by atoms with Gasteiger partial charge in [0.25, 0.3) is 0 Å². The lowest BCUT2D eigenvalue weighted by molar-refractivity contribution is 0.231. The zero-order valence-corrected chi connectivity index (χ0v) is 11.1. The Morgan fingerprint density at radius 3 is 3.00 bits per heavy atom. The number of para-hydroxylation sites is 1. The number of ether oxygens (including phenoxy) is 1. The van der Waals surface area contributed by atoms with Gasteiger partial charge in [-0.1, -0.05) is 25.0 Å². The first-order valence-electron chi connectivity index (χ1n) is 7.03. The van der Waals surface area contributed by atoms with Crippen LogP contribution in [-0.4, -0.2) is 31.1 Å².